The van der Waals surface area contributed by atoms with Crippen molar-refractivity contribution < 1.29 is 14.3 Å². The number of carbonyl (C=O) groups is 2. The maximum atomic E-state index is 12.2. The number of anilines is 1. The molecule has 7 heteroatoms. The molecule has 0 saturated heterocycles. The summed E-state index contributed by atoms with van der Waals surface area (Å²) < 4.78 is 7.20. The summed E-state index contributed by atoms with van der Waals surface area (Å²) in [6.07, 6.45) is 4.93. The van der Waals surface area contributed by atoms with Crippen LogP contribution in [0.3, 0.4) is 0 Å². The van der Waals surface area contributed by atoms with E-state index in [1.807, 2.05) is 53.1 Å². The van der Waals surface area contributed by atoms with Gasteiger partial charge in [-0.1, -0.05) is 24.3 Å². The molecule has 4 rings (SSSR count). The summed E-state index contributed by atoms with van der Waals surface area (Å²) >= 11 is 0. The lowest BCUT2D eigenvalue weighted by molar-refractivity contribution is -0.120. The van der Waals surface area contributed by atoms with Crippen molar-refractivity contribution in [3.8, 4) is 11.4 Å². The fraction of sp³-hybridized carbons (Fsp3) is 0.0417. The molecule has 0 aliphatic rings. The van der Waals surface area contributed by atoms with Crippen molar-refractivity contribution in [2.75, 3.05) is 11.9 Å². The molecule has 0 atom stereocenters. The number of nitrogens with one attached hydrogen (secondary N) is 1. The van der Waals surface area contributed by atoms with Gasteiger partial charge in [0.15, 0.2) is 6.61 Å². The third-order valence-corrected chi connectivity index (χ3v) is 4.55. The Hall–Kier alpha value is -4.39. The van der Waals surface area contributed by atoms with Crippen LogP contribution in [0.1, 0.15) is 5.56 Å². The number of nitrogens with two attached hydrogens (primary N) is 1. The van der Waals surface area contributed by atoms with E-state index in [2.05, 4.69) is 10.3 Å². The van der Waals surface area contributed by atoms with Gasteiger partial charge < -0.3 is 15.8 Å². The first-order chi connectivity index (χ1) is 15.1. The van der Waals surface area contributed by atoms with Crippen LogP contribution >= 0.6 is 0 Å². The molecule has 0 fully saturated rings. The highest BCUT2D eigenvalue weighted by atomic mass is 16.5. The van der Waals surface area contributed by atoms with Gasteiger partial charge in [-0.05, 0) is 60.2 Å². The van der Waals surface area contributed by atoms with Gasteiger partial charge in [0.2, 0.25) is 5.91 Å². The van der Waals surface area contributed by atoms with Gasteiger partial charge in [0.25, 0.3) is 5.91 Å². The van der Waals surface area contributed by atoms with Gasteiger partial charge >= 0.3 is 0 Å². The fourth-order valence-electron chi connectivity index (χ4n) is 3.06. The number of hydrogen-bond acceptors (Lipinski definition) is 4. The van der Waals surface area contributed by atoms with E-state index in [1.54, 1.807) is 36.7 Å². The molecule has 0 radical (unpaired) electrons. The van der Waals surface area contributed by atoms with E-state index in [0.29, 0.717) is 11.4 Å². The van der Waals surface area contributed by atoms with Gasteiger partial charge in [-0.25, -0.2) is 4.98 Å². The summed E-state index contributed by atoms with van der Waals surface area (Å²) in [6.45, 7) is -0.173. The second kappa shape index (κ2) is 8.96. The second-order valence-corrected chi connectivity index (χ2v) is 6.80. The summed E-state index contributed by atoms with van der Waals surface area (Å²) in [5, 5.41) is 2.84. The molecule has 2 amide bonds. The average molecular weight is 412 g/mol. The summed E-state index contributed by atoms with van der Waals surface area (Å²) in [4.78, 5) is 27.4. The molecule has 7 nitrogen and oxygen atoms in total. The fourth-order valence-corrected chi connectivity index (χ4v) is 3.06. The monoisotopic (exact) mass is 412 g/mol. The van der Waals surface area contributed by atoms with Gasteiger partial charge in [0.1, 0.15) is 12.1 Å². The highest BCUT2D eigenvalue weighted by Gasteiger charge is 2.05. The largest absolute Gasteiger partial charge is 0.484 e. The van der Waals surface area contributed by atoms with Crippen LogP contribution < -0.4 is 15.8 Å². The standard InChI is InChI=1S/C24H20N4O3/c25-23(29)15-31-20-12-5-17(6-13-20)7-14-24(30)27-18-8-10-19(11-9-18)28-16-26-21-3-1-2-4-22(21)28/h1-14,16H,15H2,(H2,25,29)(H,27,30)/b14-7+. The SMILES string of the molecule is NC(=O)COc1ccc(/C=C/C(=O)Nc2ccc(-n3cnc4ccccc43)cc2)cc1. The van der Waals surface area contributed by atoms with Gasteiger partial charge in [-0.3, -0.25) is 14.2 Å². The third-order valence-electron chi connectivity index (χ3n) is 4.55. The molecular weight excluding hydrogens is 392 g/mol. The number of aromatic nitrogens is 2. The van der Waals surface area contributed by atoms with Crippen LogP contribution in [-0.4, -0.2) is 28.0 Å². The summed E-state index contributed by atoms with van der Waals surface area (Å²) in [7, 11) is 0. The minimum Gasteiger partial charge on any atom is -0.484 e. The normalized spacial score (nSPS) is 11.0. The first-order valence-corrected chi connectivity index (χ1v) is 9.61. The van der Waals surface area contributed by atoms with Crippen LogP contribution in [0.2, 0.25) is 0 Å². The van der Waals surface area contributed by atoms with E-state index >= 15 is 0 Å². The molecule has 0 aliphatic carbocycles. The van der Waals surface area contributed by atoms with Crippen LogP contribution in [-0.2, 0) is 9.59 Å². The average Bonchev–Trinajstić information content (AvgIpc) is 3.22. The minimum absolute atomic E-state index is 0.173. The molecule has 1 aromatic heterocycles. The number of primary amides is 1. The maximum absolute atomic E-state index is 12.2. The van der Waals surface area contributed by atoms with Gasteiger partial charge in [0, 0.05) is 17.5 Å². The van der Waals surface area contributed by atoms with Crippen molar-refractivity contribution in [2.24, 2.45) is 5.73 Å². The molecule has 1 heterocycles. The Kier molecular flexibility index (Phi) is 5.75. The maximum Gasteiger partial charge on any atom is 0.255 e. The topological polar surface area (TPSA) is 99.2 Å². The lowest BCUT2D eigenvalue weighted by Crippen LogP contribution is -2.19. The molecule has 0 bridgehead atoms. The molecular formula is C24H20N4O3. The van der Waals surface area contributed by atoms with E-state index in [-0.39, 0.29) is 12.5 Å². The van der Waals surface area contributed by atoms with Gasteiger partial charge in [0.05, 0.1) is 11.0 Å². The molecule has 3 N–H and O–H groups in total. The Bertz CT molecular complexity index is 1240. The number of amides is 2. The number of nitrogens with zero attached hydrogens (tertiary/aromatic N) is 2. The minimum atomic E-state index is -0.535. The van der Waals surface area contributed by atoms with Crippen molar-refractivity contribution in [2.45, 2.75) is 0 Å². The first-order valence-electron chi connectivity index (χ1n) is 9.61. The van der Waals surface area contributed by atoms with E-state index in [0.717, 1.165) is 22.3 Å². The van der Waals surface area contributed by atoms with E-state index in [4.69, 9.17) is 10.5 Å². The summed E-state index contributed by atoms with van der Waals surface area (Å²) in [6, 6.07) is 22.4. The van der Waals surface area contributed by atoms with E-state index in [1.165, 1.54) is 6.08 Å². The van der Waals surface area contributed by atoms with Crippen molar-refractivity contribution in [3.63, 3.8) is 0 Å². The van der Waals surface area contributed by atoms with Crippen LogP contribution in [0.4, 0.5) is 5.69 Å². The molecule has 0 saturated carbocycles. The quantitative estimate of drug-likeness (QED) is 0.454. The number of benzene rings is 3. The first kappa shape index (κ1) is 19.9. The lowest BCUT2D eigenvalue weighted by atomic mass is 10.2. The van der Waals surface area contributed by atoms with Gasteiger partial charge in [-0.2, -0.15) is 0 Å². The molecule has 0 aliphatic heterocycles. The van der Waals surface area contributed by atoms with Gasteiger partial charge in [-0.15, -0.1) is 0 Å². The van der Waals surface area contributed by atoms with Crippen molar-refractivity contribution >= 4 is 34.6 Å². The zero-order chi connectivity index (χ0) is 21.6. The Morgan fingerprint density at radius 2 is 1.74 bits per heavy atom. The lowest BCUT2D eigenvalue weighted by Gasteiger charge is -2.07. The highest BCUT2D eigenvalue weighted by Crippen LogP contribution is 2.20. The summed E-state index contributed by atoms with van der Waals surface area (Å²) in [5.41, 5.74) is 9.47. The number of imidazole rings is 1. The predicted molar refractivity (Wildman–Crippen MR) is 120 cm³/mol. The Labute approximate surface area is 178 Å². The van der Waals surface area contributed by atoms with Crippen LogP contribution in [0, 0.1) is 0 Å². The number of hydrogen-bond donors (Lipinski definition) is 2. The molecule has 4 aromatic rings. The Balaban J connectivity index is 1.37. The van der Waals surface area contributed by atoms with Crippen LogP contribution in [0.5, 0.6) is 5.75 Å². The van der Waals surface area contributed by atoms with Crippen LogP contribution in [0.15, 0.2) is 85.2 Å². The predicted octanol–water partition coefficient (Wildman–Crippen LogP) is 3.54. The second-order valence-electron chi connectivity index (χ2n) is 6.80. The number of para-hydroxylation sites is 2. The third kappa shape index (κ3) is 4.97. The highest BCUT2D eigenvalue weighted by molar-refractivity contribution is 6.02. The Morgan fingerprint density at radius 1 is 1.00 bits per heavy atom. The van der Waals surface area contributed by atoms with Crippen molar-refractivity contribution in [3.05, 3.63) is 90.8 Å². The smallest absolute Gasteiger partial charge is 0.255 e. The number of ether oxygens (including phenoxy) is 1. The number of carbonyl (C=O) groups excluding carboxylic acids is 2. The van der Waals surface area contributed by atoms with Crippen molar-refractivity contribution in [1.29, 1.82) is 0 Å². The number of fused-ring (bicyclic) bond motifs is 1. The number of rotatable bonds is 7. The zero-order valence-electron chi connectivity index (χ0n) is 16.6. The van der Waals surface area contributed by atoms with Crippen LogP contribution in [0.25, 0.3) is 22.8 Å². The molecule has 31 heavy (non-hydrogen) atoms. The zero-order valence-corrected chi connectivity index (χ0v) is 16.6. The Morgan fingerprint density at radius 3 is 2.48 bits per heavy atom. The molecule has 0 unspecified atom stereocenters. The van der Waals surface area contributed by atoms with E-state index < -0.39 is 5.91 Å². The molecule has 3 aromatic carbocycles. The van der Waals surface area contributed by atoms with E-state index in [9.17, 15) is 9.59 Å². The molecule has 0 spiro atoms. The van der Waals surface area contributed by atoms with Crippen molar-refractivity contribution in [1.82, 2.24) is 9.55 Å². The summed E-state index contributed by atoms with van der Waals surface area (Å²) in [5.74, 6) is -0.242. The molecule has 154 valence electrons.